The minimum Gasteiger partial charge on any atom is -0.477 e. The van der Waals surface area contributed by atoms with Crippen LogP contribution >= 0.6 is 0 Å². The van der Waals surface area contributed by atoms with Crippen LogP contribution in [0.4, 0.5) is 11.4 Å². The van der Waals surface area contributed by atoms with E-state index >= 15 is 0 Å². The van der Waals surface area contributed by atoms with Crippen LogP contribution in [0.15, 0.2) is 35.3 Å². The van der Waals surface area contributed by atoms with E-state index in [1.807, 2.05) is 31.2 Å². The summed E-state index contributed by atoms with van der Waals surface area (Å²) in [5, 5.41) is 9.71. The number of hydrogen-bond donors (Lipinski definition) is 2. The molecule has 1 unspecified atom stereocenters. The summed E-state index contributed by atoms with van der Waals surface area (Å²) in [5.41, 5.74) is 11.4. The third kappa shape index (κ3) is 3.45. The van der Waals surface area contributed by atoms with Gasteiger partial charge in [0, 0.05) is 18.9 Å². The summed E-state index contributed by atoms with van der Waals surface area (Å²) in [6, 6.07) is 10.2. The highest BCUT2D eigenvalue weighted by molar-refractivity contribution is 5.83. The van der Waals surface area contributed by atoms with Crippen LogP contribution in [0, 0.1) is 6.92 Å². The van der Waals surface area contributed by atoms with Gasteiger partial charge in [0.25, 0.3) is 0 Å². The molecular formula is C22H26N2O3. The molecule has 0 spiro atoms. The van der Waals surface area contributed by atoms with Gasteiger partial charge in [0.1, 0.15) is 11.4 Å². The number of rotatable bonds is 3. The smallest absolute Gasteiger partial charge is 0.164 e. The number of ether oxygens (including phenoxy) is 2. The largest absolute Gasteiger partial charge is 0.477 e. The average molecular weight is 366 g/mol. The lowest BCUT2D eigenvalue weighted by Crippen LogP contribution is -2.40. The van der Waals surface area contributed by atoms with E-state index < -0.39 is 5.60 Å². The zero-order valence-corrected chi connectivity index (χ0v) is 15.9. The second kappa shape index (κ2) is 6.98. The quantitative estimate of drug-likeness (QED) is 0.806. The molecule has 0 saturated carbocycles. The molecule has 2 aromatic carbocycles. The molecule has 0 radical (unpaired) electrons. The average Bonchev–Trinajstić information content (AvgIpc) is 2.69. The molecule has 0 bridgehead atoms. The van der Waals surface area contributed by atoms with Gasteiger partial charge in [-0.2, -0.15) is 0 Å². The molecule has 142 valence electrons. The first kappa shape index (κ1) is 18.0. The normalized spacial score (nSPS) is 22.3. The number of benzene rings is 2. The van der Waals surface area contributed by atoms with Crippen molar-refractivity contribution in [1.82, 2.24) is 0 Å². The standard InChI is InChI=1S/C22H26N2O3/c1-14-3-4-17(23)11-18(14)16-9-19(15-5-7-26-8-6-15)21-20(10-16)27-22(2,13-25)12-24-21/h3-4,9-12,15,25H,5-8,13,23H2,1-2H3. The molecule has 1 saturated heterocycles. The second-order valence-electron chi connectivity index (χ2n) is 7.70. The molecule has 0 amide bonds. The summed E-state index contributed by atoms with van der Waals surface area (Å²) in [6.07, 6.45) is 3.65. The molecule has 5 nitrogen and oxygen atoms in total. The van der Waals surface area contributed by atoms with E-state index in [2.05, 4.69) is 13.0 Å². The van der Waals surface area contributed by atoms with Crippen LogP contribution in [-0.2, 0) is 4.74 Å². The predicted molar refractivity (Wildman–Crippen MR) is 108 cm³/mol. The van der Waals surface area contributed by atoms with Crippen molar-refractivity contribution in [1.29, 1.82) is 0 Å². The highest BCUT2D eigenvalue weighted by atomic mass is 16.5. The van der Waals surface area contributed by atoms with Crippen LogP contribution in [-0.4, -0.2) is 36.7 Å². The van der Waals surface area contributed by atoms with Crippen LogP contribution in [0.5, 0.6) is 5.75 Å². The number of nitrogens with zero attached hydrogens (tertiary/aromatic N) is 1. The third-order valence-corrected chi connectivity index (χ3v) is 5.46. The molecule has 2 aliphatic rings. The second-order valence-corrected chi connectivity index (χ2v) is 7.70. The van der Waals surface area contributed by atoms with Crippen LogP contribution in [0.2, 0.25) is 0 Å². The van der Waals surface area contributed by atoms with Gasteiger partial charge in [0.05, 0.1) is 12.8 Å². The molecule has 5 heteroatoms. The van der Waals surface area contributed by atoms with Crippen molar-refractivity contribution < 1.29 is 14.6 Å². The Hall–Kier alpha value is -2.37. The number of fused-ring (bicyclic) bond motifs is 1. The van der Waals surface area contributed by atoms with Gasteiger partial charge in [-0.15, -0.1) is 0 Å². The first-order chi connectivity index (χ1) is 13.0. The van der Waals surface area contributed by atoms with Gasteiger partial charge in [-0.1, -0.05) is 6.07 Å². The minimum atomic E-state index is -0.802. The molecule has 2 heterocycles. The Morgan fingerprint density at radius 1 is 1.22 bits per heavy atom. The number of aryl methyl sites for hydroxylation is 1. The van der Waals surface area contributed by atoms with Gasteiger partial charge < -0.3 is 20.3 Å². The van der Waals surface area contributed by atoms with E-state index in [0.29, 0.717) is 5.92 Å². The van der Waals surface area contributed by atoms with Crippen LogP contribution in [0.25, 0.3) is 11.1 Å². The SMILES string of the molecule is Cc1ccc(N)cc1-c1cc2c(c(C3CCOCC3)c1)N=CC(C)(CO)O2. The molecule has 0 aromatic heterocycles. The zero-order valence-electron chi connectivity index (χ0n) is 15.9. The molecular weight excluding hydrogens is 340 g/mol. The summed E-state index contributed by atoms with van der Waals surface area (Å²) in [4.78, 5) is 4.69. The van der Waals surface area contributed by atoms with E-state index in [-0.39, 0.29) is 6.61 Å². The molecule has 27 heavy (non-hydrogen) atoms. The Kier molecular flexibility index (Phi) is 4.66. The Bertz CT molecular complexity index is 887. The number of aliphatic hydroxyl groups excluding tert-OH is 1. The number of aliphatic hydroxyl groups is 1. The van der Waals surface area contributed by atoms with E-state index in [4.69, 9.17) is 20.2 Å². The van der Waals surface area contributed by atoms with Gasteiger partial charge in [-0.3, -0.25) is 4.99 Å². The summed E-state index contributed by atoms with van der Waals surface area (Å²) in [7, 11) is 0. The lowest BCUT2D eigenvalue weighted by atomic mass is 9.86. The maximum atomic E-state index is 9.71. The number of aliphatic imine (C=N–C) groups is 1. The summed E-state index contributed by atoms with van der Waals surface area (Å²) < 4.78 is 11.7. The van der Waals surface area contributed by atoms with E-state index in [0.717, 1.165) is 59.9 Å². The van der Waals surface area contributed by atoms with Gasteiger partial charge in [-0.25, -0.2) is 0 Å². The lowest BCUT2D eigenvalue weighted by Gasteiger charge is -2.32. The maximum absolute atomic E-state index is 9.71. The zero-order chi connectivity index (χ0) is 19.0. The predicted octanol–water partition coefficient (Wildman–Crippen LogP) is 3.98. The van der Waals surface area contributed by atoms with E-state index in [1.54, 1.807) is 6.21 Å². The molecule has 1 fully saturated rings. The van der Waals surface area contributed by atoms with Crippen molar-refractivity contribution in [3.8, 4) is 16.9 Å². The van der Waals surface area contributed by atoms with Crippen molar-refractivity contribution >= 4 is 17.6 Å². The van der Waals surface area contributed by atoms with Gasteiger partial charge in [0.2, 0.25) is 0 Å². The van der Waals surface area contributed by atoms with Crippen LogP contribution in [0.1, 0.15) is 36.8 Å². The molecule has 1 atom stereocenters. The van der Waals surface area contributed by atoms with Crippen molar-refractivity contribution in [3.05, 3.63) is 41.5 Å². The van der Waals surface area contributed by atoms with Crippen LogP contribution in [0.3, 0.4) is 0 Å². The third-order valence-electron chi connectivity index (χ3n) is 5.46. The van der Waals surface area contributed by atoms with Crippen molar-refractivity contribution in [2.45, 2.75) is 38.2 Å². The molecule has 4 rings (SSSR count). The number of hydrogen-bond acceptors (Lipinski definition) is 5. The highest BCUT2D eigenvalue weighted by Crippen LogP contribution is 2.46. The summed E-state index contributed by atoms with van der Waals surface area (Å²) in [6.45, 7) is 5.33. The van der Waals surface area contributed by atoms with Crippen molar-refractivity contribution in [2.24, 2.45) is 4.99 Å². The maximum Gasteiger partial charge on any atom is 0.164 e. The fourth-order valence-corrected chi connectivity index (χ4v) is 3.82. The molecule has 2 aromatic rings. The Morgan fingerprint density at radius 2 is 2.00 bits per heavy atom. The minimum absolute atomic E-state index is 0.121. The first-order valence-corrected chi connectivity index (χ1v) is 9.46. The Morgan fingerprint density at radius 3 is 2.74 bits per heavy atom. The first-order valence-electron chi connectivity index (χ1n) is 9.46. The molecule has 3 N–H and O–H groups in total. The van der Waals surface area contributed by atoms with Crippen LogP contribution < -0.4 is 10.5 Å². The fourth-order valence-electron chi connectivity index (χ4n) is 3.82. The fraction of sp³-hybridized carbons (Fsp3) is 0.409. The van der Waals surface area contributed by atoms with Crippen molar-refractivity contribution in [2.75, 3.05) is 25.6 Å². The lowest BCUT2D eigenvalue weighted by molar-refractivity contribution is 0.0815. The van der Waals surface area contributed by atoms with Gasteiger partial charge >= 0.3 is 0 Å². The topological polar surface area (TPSA) is 77.1 Å². The molecule has 0 aliphatic carbocycles. The monoisotopic (exact) mass is 366 g/mol. The Balaban J connectivity index is 1.88. The summed E-state index contributed by atoms with van der Waals surface area (Å²) >= 11 is 0. The van der Waals surface area contributed by atoms with Crippen molar-refractivity contribution in [3.63, 3.8) is 0 Å². The number of nitrogen functional groups attached to an aromatic ring is 1. The van der Waals surface area contributed by atoms with Gasteiger partial charge in [-0.05, 0) is 79.1 Å². The number of nitrogens with two attached hydrogens (primary N) is 1. The van der Waals surface area contributed by atoms with Gasteiger partial charge in [0.15, 0.2) is 5.60 Å². The van der Waals surface area contributed by atoms with E-state index in [1.165, 1.54) is 5.56 Å². The van der Waals surface area contributed by atoms with E-state index in [9.17, 15) is 5.11 Å². The summed E-state index contributed by atoms with van der Waals surface area (Å²) in [5.74, 6) is 1.10. The highest BCUT2D eigenvalue weighted by Gasteiger charge is 2.31. The molecule has 2 aliphatic heterocycles. The Labute approximate surface area is 159 Å². The number of anilines is 1.